The zero-order chi connectivity index (χ0) is 14.7. The van der Waals surface area contributed by atoms with Crippen molar-refractivity contribution < 1.29 is 23.5 Å². The molecule has 1 amide bonds. The van der Waals surface area contributed by atoms with Gasteiger partial charge in [0.15, 0.2) is 6.04 Å². The van der Waals surface area contributed by atoms with Gasteiger partial charge in [0.1, 0.15) is 5.82 Å². The SMILES string of the molecule is COC(=O)C1COCCN1C(=O)c1cc(Cl)ccc1F. The maximum Gasteiger partial charge on any atom is 0.331 e. The normalized spacial score (nSPS) is 18.8. The summed E-state index contributed by atoms with van der Waals surface area (Å²) in [5.74, 6) is -1.89. The molecule has 0 spiro atoms. The number of morpholine rings is 1. The third-order valence-corrected chi connectivity index (χ3v) is 3.26. The van der Waals surface area contributed by atoms with Gasteiger partial charge >= 0.3 is 5.97 Å². The van der Waals surface area contributed by atoms with E-state index in [0.717, 1.165) is 6.07 Å². The number of esters is 1. The second-order valence-corrected chi connectivity index (χ2v) is 4.67. The molecule has 1 atom stereocenters. The third kappa shape index (κ3) is 2.91. The second-order valence-electron chi connectivity index (χ2n) is 4.24. The number of benzene rings is 1. The minimum Gasteiger partial charge on any atom is -0.467 e. The van der Waals surface area contributed by atoms with Gasteiger partial charge in [0, 0.05) is 11.6 Å². The molecular formula is C13H13ClFNO4. The predicted octanol–water partition coefficient (Wildman–Crippen LogP) is 1.49. The lowest BCUT2D eigenvalue weighted by Gasteiger charge is -2.33. The fraction of sp³-hybridized carbons (Fsp3) is 0.385. The Balaban J connectivity index is 2.30. The molecule has 108 valence electrons. The minimum absolute atomic E-state index is 0.0284. The summed E-state index contributed by atoms with van der Waals surface area (Å²) < 4.78 is 23.5. The van der Waals surface area contributed by atoms with Crippen molar-refractivity contribution in [3.63, 3.8) is 0 Å². The van der Waals surface area contributed by atoms with Gasteiger partial charge in [0.05, 0.1) is 25.9 Å². The molecule has 1 aromatic carbocycles. The molecule has 0 N–H and O–H groups in total. The Morgan fingerprint density at radius 1 is 1.50 bits per heavy atom. The maximum atomic E-state index is 13.7. The molecule has 1 fully saturated rings. The lowest BCUT2D eigenvalue weighted by molar-refractivity contribution is -0.151. The van der Waals surface area contributed by atoms with Crippen molar-refractivity contribution in [3.8, 4) is 0 Å². The van der Waals surface area contributed by atoms with Crippen molar-refractivity contribution >= 4 is 23.5 Å². The largest absolute Gasteiger partial charge is 0.467 e. The summed E-state index contributed by atoms with van der Waals surface area (Å²) in [6, 6.07) is 2.83. The number of methoxy groups -OCH3 is 1. The van der Waals surface area contributed by atoms with Crippen LogP contribution in [0.5, 0.6) is 0 Å². The van der Waals surface area contributed by atoms with Gasteiger partial charge in [-0.15, -0.1) is 0 Å². The van der Waals surface area contributed by atoms with Crippen molar-refractivity contribution in [2.24, 2.45) is 0 Å². The summed E-state index contributed by atoms with van der Waals surface area (Å²) in [5, 5.41) is 0.248. The molecule has 0 aliphatic carbocycles. The van der Waals surface area contributed by atoms with Crippen LogP contribution >= 0.6 is 11.6 Å². The van der Waals surface area contributed by atoms with E-state index in [0.29, 0.717) is 0 Å². The van der Waals surface area contributed by atoms with Crippen LogP contribution in [0.25, 0.3) is 0 Å². The summed E-state index contributed by atoms with van der Waals surface area (Å²) in [7, 11) is 1.22. The van der Waals surface area contributed by atoms with Crippen molar-refractivity contribution in [2.75, 3.05) is 26.9 Å². The maximum absolute atomic E-state index is 13.7. The molecule has 0 bridgehead atoms. The number of hydrogen-bond acceptors (Lipinski definition) is 4. The first-order valence-corrected chi connectivity index (χ1v) is 6.34. The summed E-state index contributed by atoms with van der Waals surface area (Å²) >= 11 is 5.77. The van der Waals surface area contributed by atoms with E-state index in [-0.39, 0.29) is 30.3 Å². The van der Waals surface area contributed by atoms with Gasteiger partial charge in [-0.2, -0.15) is 0 Å². The number of carbonyl (C=O) groups excluding carboxylic acids is 2. The molecule has 1 aromatic rings. The molecule has 0 saturated carbocycles. The van der Waals surface area contributed by atoms with E-state index in [4.69, 9.17) is 16.3 Å². The first kappa shape index (κ1) is 14.7. The van der Waals surface area contributed by atoms with Crippen LogP contribution < -0.4 is 0 Å². The summed E-state index contributed by atoms with van der Waals surface area (Å²) in [5.41, 5.74) is -0.173. The molecule has 5 nitrogen and oxygen atoms in total. The number of halogens is 2. The number of nitrogens with zero attached hydrogens (tertiary/aromatic N) is 1. The zero-order valence-corrected chi connectivity index (χ0v) is 11.5. The standard InChI is InChI=1S/C13H13ClFNO4/c1-19-13(18)11-7-20-5-4-16(11)12(17)9-6-8(14)2-3-10(9)15/h2-3,6,11H,4-5,7H2,1H3. The van der Waals surface area contributed by atoms with Crippen LogP contribution in [0.15, 0.2) is 18.2 Å². The smallest absolute Gasteiger partial charge is 0.331 e. The Bertz CT molecular complexity index is 537. The fourth-order valence-corrected chi connectivity index (χ4v) is 2.17. The van der Waals surface area contributed by atoms with Gasteiger partial charge in [-0.3, -0.25) is 4.79 Å². The molecule has 1 unspecified atom stereocenters. The molecule has 7 heteroatoms. The second kappa shape index (κ2) is 6.19. The highest BCUT2D eigenvalue weighted by Crippen LogP contribution is 2.19. The van der Waals surface area contributed by atoms with Gasteiger partial charge < -0.3 is 14.4 Å². The molecule has 1 heterocycles. The lowest BCUT2D eigenvalue weighted by Crippen LogP contribution is -2.53. The molecule has 20 heavy (non-hydrogen) atoms. The lowest BCUT2D eigenvalue weighted by atomic mass is 10.1. The first-order valence-electron chi connectivity index (χ1n) is 5.96. The van der Waals surface area contributed by atoms with E-state index >= 15 is 0 Å². The Morgan fingerprint density at radius 2 is 2.25 bits per heavy atom. The predicted molar refractivity (Wildman–Crippen MR) is 69.1 cm³/mol. The van der Waals surface area contributed by atoms with Gasteiger partial charge in [-0.1, -0.05) is 11.6 Å². The van der Waals surface area contributed by atoms with Gasteiger partial charge in [0.2, 0.25) is 0 Å². The summed E-state index contributed by atoms with van der Waals surface area (Å²) in [4.78, 5) is 25.3. The van der Waals surface area contributed by atoms with Crippen LogP contribution in [0.1, 0.15) is 10.4 Å². The minimum atomic E-state index is -0.875. The molecule has 0 aromatic heterocycles. The highest BCUT2D eigenvalue weighted by atomic mass is 35.5. The van der Waals surface area contributed by atoms with Crippen LogP contribution in [0.3, 0.4) is 0 Å². The van der Waals surface area contributed by atoms with E-state index in [9.17, 15) is 14.0 Å². The first-order chi connectivity index (χ1) is 9.54. The molecule has 1 saturated heterocycles. The van der Waals surface area contributed by atoms with Gasteiger partial charge in [0.25, 0.3) is 5.91 Å². The number of rotatable bonds is 2. The molecular weight excluding hydrogens is 289 g/mol. The zero-order valence-electron chi connectivity index (χ0n) is 10.8. The van der Waals surface area contributed by atoms with Gasteiger partial charge in [-0.25, -0.2) is 9.18 Å². The average molecular weight is 302 g/mol. The average Bonchev–Trinajstić information content (AvgIpc) is 2.48. The molecule has 1 aliphatic heterocycles. The van der Waals surface area contributed by atoms with E-state index in [1.807, 2.05) is 0 Å². The van der Waals surface area contributed by atoms with Crippen molar-refractivity contribution in [2.45, 2.75) is 6.04 Å². The monoisotopic (exact) mass is 301 g/mol. The van der Waals surface area contributed by atoms with Crippen LogP contribution in [0, 0.1) is 5.82 Å². The van der Waals surface area contributed by atoms with E-state index in [1.54, 1.807) is 0 Å². The van der Waals surface area contributed by atoms with Gasteiger partial charge in [-0.05, 0) is 18.2 Å². The van der Waals surface area contributed by atoms with E-state index < -0.39 is 23.7 Å². The van der Waals surface area contributed by atoms with Crippen LogP contribution in [-0.2, 0) is 14.3 Å². The highest BCUT2D eigenvalue weighted by molar-refractivity contribution is 6.31. The molecule has 0 radical (unpaired) electrons. The highest BCUT2D eigenvalue weighted by Gasteiger charge is 2.35. The number of hydrogen-bond donors (Lipinski definition) is 0. The fourth-order valence-electron chi connectivity index (χ4n) is 1.99. The Labute approximate surface area is 120 Å². The topological polar surface area (TPSA) is 55.8 Å². The van der Waals surface area contributed by atoms with E-state index in [1.165, 1.54) is 24.1 Å². The quantitative estimate of drug-likeness (QED) is 0.777. The molecule has 2 rings (SSSR count). The Hall–Kier alpha value is -1.66. The Kier molecular flexibility index (Phi) is 4.57. The summed E-state index contributed by atoms with van der Waals surface area (Å²) in [6.45, 7) is 0.493. The summed E-state index contributed by atoms with van der Waals surface area (Å²) in [6.07, 6.45) is 0. The van der Waals surface area contributed by atoms with Crippen LogP contribution in [0.4, 0.5) is 4.39 Å². The number of ether oxygens (including phenoxy) is 2. The van der Waals surface area contributed by atoms with Crippen molar-refractivity contribution in [3.05, 3.63) is 34.6 Å². The van der Waals surface area contributed by atoms with Crippen molar-refractivity contribution in [1.82, 2.24) is 4.90 Å². The van der Waals surface area contributed by atoms with E-state index in [2.05, 4.69) is 4.74 Å². The van der Waals surface area contributed by atoms with Crippen molar-refractivity contribution in [1.29, 1.82) is 0 Å². The molecule has 1 aliphatic rings. The Morgan fingerprint density at radius 3 is 2.95 bits per heavy atom. The number of amides is 1. The van der Waals surface area contributed by atoms with Crippen LogP contribution in [-0.4, -0.2) is 49.7 Å². The number of carbonyl (C=O) groups is 2. The van der Waals surface area contributed by atoms with Crippen LogP contribution in [0.2, 0.25) is 5.02 Å². The third-order valence-electron chi connectivity index (χ3n) is 3.02.